The molecule has 18 heavy (non-hydrogen) atoms. The number of carbonyl (C=O) groups excluding carboxylic acids is 1. The average molecular weight is 251 g/mol. The van der Waals surface area contributed by atoms with Gasteiger partial charge in [-0.3, -0.25) is 4.79 Å². The molecule has 0 atom stereocenters. The first kappa shape index (κ1) is 14.5. The van der Waals surface area contributed by atoms with Gasteiger partial charge in [0.05, 0.1) is 5.56 Å². The first-order valence-electron chi connectivity index (χ1n) is 6.22. The van der Waals surface area contributed by atoms with E-state index >= 15 is 0 Å². The molecule has 0 saturated heterocycles. The normalized spacial score (nSPS) is 10.3. The van der Waals surface area contributed by atoms with Gasteiger partial charge in [0.1, 0.15) is 5.75 Å². The molecule has 0 spiro atoms. The minimum atomic E-state index is -0.219. The molecule has 1 aromatic carbocycles. The molecule has 0 aliphatic heterocycles. The van der Waals surface area contributed by atoms with Crippen molar-refractivity contribution in [2.45, 2.75) is 26.2 Å². The van der Waals surface area contributed by atoms with Gasteiger partial charge in [0.2, 0.25) is 0 Å². The van der Waals surface area contributed by atoms with Gasteiger partial charge in [0, 0.05) is 20.3 Å². The van der Waals surface area contributed by atoms with Gasteiger partial charge in [0.25, 0.3) is 5.91 Å². The summed E-state index contributed by atoms with van der Waals surface area (Å²) >= 11 is 0. The smallest absolute Gasteiger partial charge is 0.255 e. The Kier molecular flexibility index (Phi) is 6.22. The second-order valence-electron chi connectivity index (χ2n) is 4.33. The van der Waals surface area contributed by atoms with Gasteiger partial charge in [-0.25, -0.2) is 0 Å². The third-order valence-electron chi connectivity index (χ3n) is 2.71. The molecule has 0 heterocycles. The largest absolute Gasteiger partial charge is 0.507 e. The number of aryl methyl sites for hydroxylation is 1. The fraction of sp³-hybridized carbons (Fsp3) is 0.500. The second-order valence-corrected chi connectivity index (χ2v) is 4.33. The van der Waals surface area contributed by atoms with Crippen molar-refractivity contribution < 1.29 is 14.6 Å². The van der Waals surface area contributed by atoms with Gasteiger partial charge in [-0.05, 0) is 38.3 Å². The average Bonchev–Trinajstić information content (AvgIpc) is 2.36. The Labute approximate surface area is 108 Å². The lowest BCUT2D eigenvalue weighted by Crippen LogP contribution is -2.24. The number of carbonyl (C=O) groups is 1. The number of rotatable bonds is 7. The summed E-state index contributed by atoms with van der Waals surface area (Å²) in [6.45, 7) is 3.27. The monoisotopic (exact) mass is 251 g/mol. The Morgan fingerprint density at radius 3 is 2.83 bits per heavy atom. The zero-order valence-corrected chi connectivity index (χ0v) is 11.0. The van der Waals surface area contributed by atoms with Crippen LogP contribution in [0.15, 0.2) is 18.2 Å². The van der Waals surface area contributed by atoms with Gasteiger partial charge in [0.15, 0.2) is 0 Å². The first-order valence-corrected chi connectivity index (χ1v) is 6.22. The van der Waals surface area contributed by atoms with Crippen LogP contribution in [-0.4, -0.2) is 31.3 Å². The molecule has 0 aliphatic carbocycles. The van der Waals surface area contributed by atoms with Crippen LogP contribution in [0.2, 0.25) is 0 Å². The van der Waals surface area contributed by atoms with Gasteiger partial charge in [-0.15, -0.1) is 0 Å². The van der Waals surface area contributed by atoms with Gasteiger partial charge in [-0.1, -0.05) is 11.6 Å². The van der Waals surface area contributed by atoms with Crippen LogP contribution in [0.1, 0.15) is 35.2 Å². The number of aromatic hydroxyl groups is 1. The number of benzene rings is 1. The number of methoxy groups -OCH3 is 1. The van der Waals surface area contributed by atoms with E-state index in [0.717, 1.165) is 31.4 Å². The van der Waals surface area contributed by atoms with E-state index < -0.39 is 0 Å². The predicted molar refractivity (Wildman–Crippen MR) is 70.9 cm³/mol. The van der Waals surface area contributed by atoms with Crippen LogP contribution in [0.3, 0.4) is 0 Å². The molecule has 100 valence electrons. The highest BCUT2D eigenvalue weighted by Gasteiger charge is 2.10. The number of hydrogen-bond donors (Lipinski definition) is 2. The Hall–Kier alpha value is -1.55. The van der Waals surface area contributed by atoms with E-state index in [-0.39, 0.29) is 11.7 Å². The van der Waals surface area contributed by atoms with Crippen LogP contribution in [0.25, 0.3) is 0 Å². The topological polar surface area (TPSA) is 58.6 Å². The summed E-state index contributed by atoms with van der Waals surface area (Å²) in [5.41, 5.74) is 1.30. The van der Waals surface area contributed by atoms with Crippen molar-refractivity contribution in [3.05, 3.63) is 29.3 Å². The Balaban J connectivity index is 2.34. The number of hydrogen-bond acceptors (Lipinski definition) is 3. The lowest BCUT2D eigenvalue weighted by molar-refractivity contribution is 0.0950. The van der Waals surface area contributed by atoms with Gasteiger partial charge < -0.3 is 15.2 Å². The lowest BCUT2D eigenvalue weighted by Gasteiger charge is -2.07. The Morgan fingerprint density at radius 2 is 2.11 bits per heavy atom. The fourth-order valence-corrected chi connectivity index (χ4v) is 1.68. The summed E-state index contributed by atoms with van der Waals surface area (Å²) in [6.07, 6.45) is 2.94. The number of phenolic OH excluding ortho intramolecular Hbond substituents is 1. The summed E-state index contributed by atoms with van der Waals surface area (Å²) in [4.78, 5) is 11.8. The summed E-state index contributed by atoms with van der Waals surface area (Å²) in [5, 5.41) is 12.4. The highest BCUT2D eigenvalue weighted by Crippen LogP contribution is 2.17. The minimum absolute atomic E-state index is 0.0254. The molecule has 0 radical (unpaired) electrons. The van der Waals surface area contributed by atoms with Crippen molar-refractivity contribution in [3.8, 4) is 5.75 Å². The van der Waals surface area contributed by atoms with Crippen molar-refractivity contribution >= 4 is 5.91 Å². The minimum Gasteiger partial charge on any atom is -0.507 e. The highest BCUT2D eigenvalue weighted by molar-refractivity contribution is 5.96. The number of amides is 1. The van der Waals surface area contributed by atoms with Crippen molar-refractivity contribution in [3.63, 3.8) is 0 Å². The highest BCUT2D eigenvalue weighted by atomic mass is 16.5. The molecule has 0 unspecified atom stereocenters. The zero-order chi connectivity index (χ0) is 13.4. The van der Waals surface area contributed by atoms with E-state index in [0.29, 0.717) is 12.1 Å². The molecular weight excluding hydrogens is 230 g/mol. The molecule has 2 N–H and O–H groups in total. The number of unbranched alkanes of at least 4 members (excludes halogenated alkanes) is 2. The third kappa shape index (κ3) is 4.75. The van der Waals surface area contributed by atoms with Gasteiger partial charge >= 0.3 is 0 Å². The van der Waals surface area contributed by atoms with E-state index in [9.17, 15) is 9.90 Å². The lowest BCUT2D eigenvalue weighted by atomic mass is 10.1. The van der Waals surface area contributed by atoms with Crippen LogP contribution in [0.5, 0.6) is 5.75 Å². The van der Waals surface area contributed by atoms with E-state index in [4.69, 9.17) is 4.74 Å². The molecule has 1 aromatic rings. The SMILES string of the molecule is COCCCCCNC(=O)c1cc(C)ccc1O. The number of nitrogens with one attached hydrogen (secondary N) is 1. The van der Waals surface area contributed by atoms with Crippen LogP contribution in [-0.2, 0) is 4.74 Å². The van der Waals surface area contributed by atoms with E-state index in [1.807, 2.05) is 6.92 Å². The number of ether oxygens (including phenoxy) is 1. The Bertz CT molecular complexity index is 391. The molecule has 4 heteroatoms. The zero-order valence-electron chi connectivity index (χ0n) is 11.0. The summed E-state index contributed by atoms with van der Waals surface area (Å²) < 4.78 is 4.95. The van der Waals surface area contributed by atoms with Gasteiger partial charge in [-0.2, -0.15) is 0 Å². The fourth-order valence-electron chi connectivity index (χ4n) is 1.68. The standard InChI is InChI=1S/C14H21NO3/c1-11-6-7-13(16)12(10-11)14(17)15-8-4-3-5-9-18-2/h6-7,10,16H,3-5,8-9H2,1-2H3,(H,15,17). The van der Waals surface area contributed by atoms with Crippen LogP contribution < -0.4 is 5.32 Å². The molecular formula is C14H21NO3. The maximum Gasteiger partial charge on any atom is 0.255 e. The van der Waals surface area contributed by atoms with Crippen molar-refractivity contribution in [1.29, 1.82) is 0 Å². The summed E-state index contributed by atoms with van der Waals surface area (Å²) in [6, 6.07) is 5.01. The van der Waals surface area contributed by atoms with E-state index in [1.165, 1.54) is 0 Å². The van der Waals surface area contributed by atoms with Crippen LogP contribution in [0, 0.1) is 6.92 Å². The van der Waals surface area contributed by atoms with Crippen LogP contribution >= 0.6 is 0 Å². The molecule has 0 aliphatic rings. The molecule has 0 saturated carbocycles. The van der Waals surface area contributed by atoms with Crippen molar-refractivity contribution in [1.82, 2.24) is 5.32 Å². The van der Waals surface area contributed by atoms with Crippen molar-refractivity contribution in [2.24, 2.45) is 0 Å². The second kappa shape index (κ2) is 7.71. The predicted octanol–water partition coefficient (Wildman–Crippen LogP) is 2.25. The number of phenols is 1. The quantitative estimate of drug-likeness (QED) is 0.731. The molecule has 0 fully saturated rings. The third-order valence-corrected chi connectivity index (χ3v) is 2.71. The summed E-state index contributed by atoms with van der Waals surface area (Å²) in [7, 11) is 1.68. The van der Waals surface area contributed by atoms with Crippen LogP contribution in [0.4, 0.5) is 0 Å². The molecule has 4 nitrogen and oxygen atoms in total. The first-order chi connectivity index (χ1) is 8.65. The Morgan fingerprint density at radius 1 is 1.33 bits per heavy atom. The summed E-state index contributed by atoms with van der Waals surface area (Å²) in [5.74, 6) is -0.194. The van der Waals surface area contributed by atoms with E-state index in [1.54, 1.807) is 25.3 Å². The maximum atomic E-state index is 11.8. The molecule has 0 aromatic heterocycles. The van der Waals surface area contributed by atoms with E-state index in [2.05, 4.69) is 5.32 Å². The molecule has 1 amide bonds. The molecule has 0 bridgehead atoms. The van der Waals surface area contributed by atoms with Crippen molar-refractivity contribution in [2.75, 3.05) is 20.3 Å². The maximum absolute atomic E-state index is 11.8. The molecule has 1 rings (SSSR count).